The summed E-state index contributed by atoms with van der Waals surface area (Å²) in [6.07, 6.45) is 6.50. The zero-order chi connectivity index (χ0) is 13.2. The Kier molecular flexibility index (Phi) is 6.76. The SMILES string of the molecule is CCCc1cc(NCCCCCC(=O)O)ncn1. The molecule has 0 atom stereocenters. The average molecular weight is 251 g/mol. The molecule has 0 saturated heterocycles. The largest absolute Gasteiger partial charge is 0.481 e. The molecule has 1 aromatic heterocycles. The Morgan fingerprint density at radius 3 is 2.89 bits per heavy atom. The quantitative estimate of drug-likeness (QED) is 0.659. The maximum atomic E-state index is 10.3. The second-order valence-corrected chi connectivity index (χ2v) is 4.28. The first-order valence-electron chi connectivity index (χ1n) is 6.49. The number of nitrogens with one attached hydrogen (secondary N) is 1. The van der Waals surface area contributed by atoms with E-state index in [1.807, 2.05) is 6.07 Å². The highest BCUT2D eigenvalue weighted by atomic mass is 16.4. The van der Waals surface area contributed by atoms with Gasteiger partial charge >= 0.3 is 5.97 Å². The molecule has 100 valence electrons. The maximum Gasteiger partial charge on any atom is 0.303 e. The van der Waals surface area contributed by atoms with Crippen molar-refractivity contribution >= 4 is 11.8 Å². The van der Waals surface area contributed by atoms with Gasteiger partial charge in [-0.2, -0.15) is 0 Å². The molecule has 0 aliphatic heterocycles. The van der Waals surface area contributed by atoms with Crippen LogP contribution in [0.5, 0.6) is 0 Å². The Morgan fingerprint density at radius 1 is 1.33 bits per heavy atom. The number of rotatable bonds is 9. The molecule has 0 saturated carbocycles. The van der Waals surface area contributed by atoms with Gasteiger partial charge in [-0.15, -0.1) is 0 Å². The number of carbonyl (C=O) groups is 1. The standard InChI is InChI=1S/C13H21N3O2/c1-2-6-11-9-12(16-10-15-11)14-8-5-3-4-7-13(17)18/h9-10H,2-8H2,1H3,(H,17,18)(H,14,15,16). The second-order valence-electron chi connectivity index (χ2n) is 4.28. The molecule has 5 nitrogen and oxygen atoms in total. The van der Waals surface area contributed by atoms with E-state index in [-0.39, 0.29) is 6.42 Å². The third-order valence-electron chi connectivity index (χ3n) is 2.60. The lowest BCUT2D eigenvalue weighted by molar-refractivity contribution is -0.137. The lowest BCUT2D eigenvalue weighted by Crippen LogP contribution is -2.05. The second kappa shape index (κ2) is 8.44. The van der Waals surface area contributed by atoms with Gasteiger partial charge in [-0.3, -0.25) is 4.79 Å². The number of hydrogen-bond acceptors (Lipinski definition) is 4. The molecule has 5 heteroatoms. The van der Waals surface area contributed by atoms with Crippen LogP contribution < -0.4 is 5.32 Å². The molecule has 0 spiro atoms. The van der Waals surface area contributed by atoms with E-state index in [2.05, 4.69) is 22.2 Å². The summed E-state index contributed by atoms with van der Waals surface area (Å²) in [5.41, 5.74) is 1.06. The van der Waals surface area contributed by atoms with Gasteiger partial charge in [0.05, 0.1) is 0 Å². The van der Waals surface area contributed by atoms with Crippen LogP contribution in [0, 0.1) is 0 Å². The lowest BCUT2D eigenvalue weighted by atomic mass is 10.2. The number of unbranched alkanes of at least 4 members (excludes halogenated alkanes) is 2. The van der Waals surface area contributed by atoms with Crippen molar-refractivity contribution in [2.75, 3.05) is 11.9 Å². The minimum absolute atomic E-state index is 0.258. The van der Waals surface area contributed by atoms with Crippen molar-refractivity contribution in [3.05, 3.63) is 18.1 Å². The van der Waals surface area contributed by atoms with E-state index in [1.165, 1.54) is 0 Å². The van der Waals surface area contributed by atoms with Crippen molar-refractivity contribution < 1.29 is 9.90 Å². The van der Waals surface area contributed by atoms with Gasteiger partial charge in [0.25, 0.3) is 0 Å². The smallest absolute Gasteiger partial charge is 0.303 e. The van der Waals surface area contributed by atoms with E-state index < -0.39 is 5.97 Å². The molecular weight excluding hydrogens is 230 g/mol. The van der Waals surface area contributed by atoms with E-state index in [9.17, 15) is 4.79 Å². The van der Waals surface area contributed by atoms with Crippen LogP contribution in [-0.2, 0) is 11.2 Å². The number of hydrogen-bond donors (Lipinski definition) is 2. The molecule has 18 heavy (non-hydrogen) atoms. The first kappa shape index (κ1) is 14.4. The van der Waals surface area contributed by atoms with E-state index in [1.54, 1.807) is 6.33 Å². The number of carboxylic acids is 1. The molecule has 0 fully saturated rings. The number of nitrogens with zero attached hydrogens (tertiary/aromatic N) is 2. The Hall–Kier alpha value is -1.65. The Labute approximate surface area is 108 Å². The van der Waals surface area contributed by atoms with E-state index in [0.29, 0.717) is 0 Å². The highest BCUT2D eigenvalue weighted by Crippen LogP contribution is 2.07. The van der Waals surface area contributed by atoms with E-state index in [4.69, 9.17) is 5.11 Å². The molecule has 1 heterocycles. The summed E-state index contributed by atoms with van der Waals surface area (Å²) in [4.78, 5) is 18.7. The minimum Gasteiger partial charge on any atom is -0.481 e. The molecular formula is C13H21N3O2. The zero-order valence-electron chi connectivity index (χ0n) is 10.9. The molecule has 1 aromatic rings. The molecule has 0 aromatic carbocycles. The van der Waals surface area contributed by atoms with Crippen LogP contribution in [-0.4, -0.2) is 27.6 Å². The number of carboxylic acid groups (broad SMARTS) is 1. The van der Waals surface area contributed by atoms with Gasteiger partial charge in [-0.25, -0.2) is 9.97 Å². The van der Waals surface area contributed by atoms with Gasteiger partial charge in [0, 0.05) is 24.7 Å². The summed E-state index contributed by atoms with van der Waals surface area (Å²) in [5.74, 6) is 0.134. The van der Waals surface area contributed by atoms with E-state index >= 15 is 0 Å². The molecule has 0 radical (unpaired) electrons. The predicted octanol–water partition coefficient (Wildman–Crippen LogP) is 2.49. The van der Waals surface area contributed by atoms with Crippen molar-refractivity contribution in [2.24, 2.45) is 0 Å². The summed E-state index contributed by atoms with van der Waals surface area (Å²) >= 11 is 0. The highest BCUT2D eigenvalue weighted by Gasteiger charge is 1.99. The van der Waals surface area contributed by atoms with Gasteiger partial charge in [-0.05, 0) is 19.3 Å². The number of anilines is 1. The number of aliphatic carboxylic acids is 1. The van der Waals surface area contributed by atoms with Gasteiger partial charge in [0.1, 0.15) is 12.1 Å². The fraction of sp³-hybridized carbons (Fsp3) is 0.615. The van der Waals surface area contributed by atoms with Crippen LogP contribution in [0.4, 0.5) is 5.82 Å². The Bertz CT molecular complexity index is 369. The van der Waals surface area contributed by atoms with Gasteiger partial charge in [0.15, 0.2) is 0 Å². The number of aryl methyl sites for hydroxylation is 1. The molecule has 0 aliphatic carbocycles. The monoisotopic (exact) mass is 251 g/mol. The van der Waals surface area contributed by atoms with Crippen LogP contribution in [0.1, 0.15) is 44.7 Å². The van der Waals surface area contributed by atoms with Crippen molar-refractivity contribution in [3.63, 3.8) is 0 Å². The fourth-order valence-corrected chi connectivity index (χ4v) is 1.68. The third-order valence-corrected chi connectivity index (χ3v) is 2.60. The number of aromatic nitrogens is 2. The molecule has 0 bridgehead atoms. The summed E-state index contributed by atoms with van der Waals surface area (Å²) in [6.45, 7) is 2.94. The highest BCUT2D eigenvalue weighted by molar-refractivity contribution is 5.66. The summed E-state index contributed by atoms with van der Waals surface area (Å²) < 4.78 is 0. The summed E-state index contributed by atoms with van der Waals surface area (Å²) in [6, 6.07) is 1.97. The van der Waals surface area contributed by atoms with Crippen molar-refractivity contribution in [3.8, 4) is 0 Å². The summed E-state index contributed by atoms with van der Waals surface area (Å²) in [7, 11) is 0. The fourth-order valence-electron chi connectivity index (χ4n) is 1.68. The van der Waals surface area contributed by atoms with Gasteiger partial charge < -0.3 is 10.4 Å². The maximum absolute atomic E-state index is 10.3. The minimum atomic E-state index is -0.719. The molecule has 1 rings (SSSR count). The first-order valence-corrected chi connectivity index (χ1v) is 6.49. The van der Waals surface area contributed by atoms with Crippen molar-refractivity contribution in [1.82, 2.24) is 9.97 Å². The molecule has 2 N–H and O–H groups in total. The molecule has 0 amide bonds. The average Bonchev–Trinajstić information content (AvgIpc) is 2.34. The van der Waals surface area contributed by atoms with Crippen molar-refractivity contribution in [2.45, 2.75) is 45.4 Å². The van der Waals surface area contributed by atoms with Crippen molar-refractivity contribution in [1.29, 1.82) is 0 Å². The topological polar surface area (TPSA) is 75.1 Å². The molecule has 0 aliphatic rings. The van der Waals surface area contributed by atoms with Crippen LogP contribution in [0.3, 0.4) is 0 Å². The van der Waals surface area contributed by atoms with Crippen LogP contribution >= 0.6 is 0 Å². The van der Waals surface area contributed by atoms with Gasteiger partial charge in [0.2, 0.25) is 0 Å². The Balaban J connectivity index is 2.18. The lowest BCUT2D eigenvalue weighted by Gasteiger charge is -2.06. The van der Waals surface area contributed by atoms with Gasteiger partial charge in [-0.1, -0.05) is 19.8 Å². The van der Waals surface area contributed by atoms with Crippen LogP contribution in [0.15, 0.2) is 12.4 Å². The zero-order valence-corrected chi connectivity index (χ0v) is 10.9. The summed E-state index contributed by atoms with van der Waals surface area (Å²) in [5, 5.41) is 11.7. The van der Waals surface area contributed by atoms with Crippen LogP contribution in [0.25, 0.3) is 0 Å². The first-order chi connectivity index (χ1) is 8.72. The third kappa shape index (κ3) is 6.18. The predicted molar refractivity (Wildman–Crippen MR) is 70.6 cm³/mol. The Morgan fingerprint density at radius 2 is 2.17 bits per heavy atom. The normalized spacial score (nSPS) is 10.3. The van der Waals surface area contributed by atoms with E-state index in [0.717, 1.165) is 50.2 Å². The molecule has 0 unspecified atom stereocenters. The van der Waals surface area contributed by atoms with Crippen LogP contribution in [0.2, 0.25) is 0 Å².